The molecule has 282 valence electrons. The molecule has 8 rings (SSSR count). The molecule has 5 heterocycles. The number of rotatable bonds is 9. The van der Waals surface area contributed by atoms with Crippen molar-refractivity contribution in [1.29, 1.82) is 0 Å². The number of aliphatic hydroxyl groups is 1. The number of aliphatic hydroxyl groups excluding tert-OH is 1. The van der Waals surface area contributed by atoms with E-state index in [9.17, 15) is 29.4 Å². The van der Waals surface area contributed by atoms with E-state index in [1.807, 2.05) is 0 Å². The number of fused-ring (bicyclic) bond motifs is 4. The number of carbonyl (C=O) groups excluding carboxylic acids is 4. The molecule has 53 heavy (non-hydrogen) atoms. The molecule has 1 aliphatic carbocycles. The molecule has 2 N–H and O–H groups in total. The van der Waals surface area contributed by atoms with Crippen LogP contribution in [-0.4, -0.2) is 117 Å². The maximum atomic E-state index is 13.6. The van der Waals surface area contributed by atoms with Crippen LogP contribution in [0.5, 0.6) is 28.7 Å². The summed E-state index contributed by atoms with van der Waals surface area (Å²) >= 11 is 0. The standard InChI is InChI=1S/C36H37NO16/c1-15-46-13-24-33(50-15)34(52-27(40)6-7-37-25(38)4-5-26(37)39)31(42)36(51-24)53-32-18-11-21-20(48-14-49-21)10-17(18)28(29-19(32)12-47-35(29)43)16-8-22(44-2)30(41)23(9-16)45-3/h4-5,8-11,15,19,24,28-29,31-34,36,41-42H,6-7,12-14H2,1-3H3/t15?,19-,24?,28+,29-,31?,32+,33?,34?,36?/m0/s1. The lowest BCUT2D eigenvalue weighted by Gasteiger charge is -2.48. The molecule has 0 bridgehead atoms. The third-order valence-electron chi connectivity index (χ3n) is 10.4. The van der Waals surface area contributed by atoms with Crippen LogP contribution < -0.4 is 18.9 Å². The van der Waals surface area contributed by atoms with Crippen LogP contribution in [-0.2, 0) is 47.6 Å². The maximum Gasteiger partial charge on any atom is 0.310 e. The second-order valence-electron chi connectivity index (χ2n) is 13.4. The first kappa shape index (κ1) is 35.1. The Kier molecular flexibility index (Phi) is 9.14. The summed E-state index contributed by atoms with van der Waals surface area (Å²) in [6.45, 7) is 1.39. The van der Waals surface area contributed by atoms with E-state index < -0.39 is 84.6 Å². The molecule has 17 heteroatoms. The zero-order valence-electron chi connectivity index (χ0n) is 28.8. The van der Waals surface area contributed by atoms with E-state index in [0.29, 0.717) is 28.2 Å². The lowest BCUT2D eigenvalue weighted by molar-refractivity contribution is -0.365. The molecule has 0 saturated carbocycles. The fourth-order valence-electron chi connectivity index (χ4n) is 7.92. The third-order valence-corrected chi connectivity index (χ3v) is 10.4. The highest BCUT2D eigenvalue weighted by Crippen LogP contribution is 2.57. The number of nitrogens with zero attached hydrogens (tertiary/aromatic N) is 1. The van der Waals surface area contributed by atoms with Crippen LogP contribution in [0.15, 0.2) is 36.4 Å². The topological polar surface area (TPSA) is 204 Å². The molecule has 6 aliphatic rings. The lowest BCUT2D eigenvalue weighted by atomic mass is 9.66. The highest BCUT2D eigenvalue weighted by atomic mass is 16.8. The van der Waals surface area contributed by atoms with Gasteiger partial charge in [-0.25, -0.2) is 0 Å². The fourth-order valence-corrected chi connectivity index (χ4v) is 7.92. The maximum absolute atomic E-state index is 13.6. The van der Waals surface area contributed by atoms with Crippen molar-refractivity contribution in [2.24, 2.45) is 11.8 Å². The van der Waals surface area contributed by atoms with Gasteiger partial charge >= 0.3 is 11.9 Å². The summed E-state index contributed by atoms with van der Waals surface area (Å²) in [5.74, 6) is -3.51. The number of carbonyl (C=O) groups is 4. The Morgan fingerprint density at radius 3 is 2.28 bits per heavy atom. The van der Waals surface area contributed by atoms with Gasteiger partial charge in [-0.05, 0) is 47.9 Å². The third kappa shape index (κ3) is 6.11. The first-order chi connectivity index (χ1) is 25.6. The highest BCUT2D eigenvalue weighted by molar-refractivity contribution is 6.13. The average Bonchev–Trinajstić information content (AvgIpc) is 3.86. The van der Waals surface area contributed by atoms with Crippen molar-refractivity contribution in [3.8, 4) is 28.7 Å². The van der Waals surface area contributed by atoms with Gasteiger partial charge in [0.2, 0.25) is 12.5 Å². The Hall–Kier alpha value is -4.94. The first-order valence-electron chi connectivity index (χ1n) is 17.1. The smallest absolute Gasteiger partial charge is 0.310 e. The van der Waals surface area contributed by atoms with Gasteiger partial charge in [-0.2, -0.15) is 0 Å². The monoisotopic (exact) mass is 739 g/mol. The Balaban J connectivity index is 1.13. The van der Waals surface area contributed by atoms with Crippen molar-refractivity contribution in [2.45, 2.75) is 62.4 Å². The van der Waals surface area contributed by atoms with Gasteiger partial charge in [0, 0.05) is 30.5 Å². The fraction of sp³-hybridized carbons (Fsp3) is 0.500. The van der Waals surface area contributed by atoms with Gasteiger partial charge in [-0.3, -0.25) is 24.1 Å². The molecule has 2 amide bonds. The van der Waals surface area contributed by atoms with Crippen molar-refractivity contribution >= 4 is 23.8 Å². The molecule has 2 aromatic carbocycles. The van der Waals surface area contributed by atoms with Crippen LogP contribution in [0, 0.1) is 11.8 Å². The van der Waals surface area contributed by atoms with Crippen molar-refractivity contribution in [3.05, 3.63) is 53.1 Å². The van der Waals surface area contributed by atoms with Gasteiger partial charge in [0.25, 0.3) is 11.8 Å². The molecule has 3 saturated heterocycles. The highest BCUT2D eigenvalue weighted by Gasteiger charge is 2.57. The summed E-state index contributed by atoms with van der Waals surface area (Å²) in [5, 5.41) is 22.5. The number of benzene rings is 2. The number of hydrogen-bond donors (Lipinski definition) is 2. The number of methoxy groups -OCH3 is 2. The van der Waals surface area contributed by atoms with Crippen molar-refractivity contribution < 1.29 is 76.8 Å². The van der Waals surface area contributed by atoms with E-state index in [1.165, 1.54) is 14.2 Å². The minimum absolute atomic E-state index is 0.0229. The molecular formula is C36H37NO16. The van der Waals surface area contributed by atoms with Crippen LogP contribution in [0.3, 0.4) is 0 Å². The normalized spacial score (nSPS) is 32.5. The first-order valence-corrected chi connectivity index (χ1v) is 17.1. The van der Waals surface area contributed by atoms with Crippen molar-refractivity contribution in [1.82, 2.24) is 4.90 Å². The SMILES string of the molecule is COc1cc([C@@H]2c3cc4c(cc3[C@@H](OC3OC5COC(C)OC5C(OC(=O)CCN5C(=O)C=CC5=O)C3O)[C@H]3COC(=O)[C@H]23)OCO4)cc(OC)c1O. The molecule has 2 aromatic rings. The second-order valence-corrected chi connectivity index (χ2v) is 13.4. The Bertz CT molecular complexity index is 1820. The molecule has 17 nitrogen and oxygen atoms in total. The van der Waals surface area contributed by atoms with Gasteiger partial charge in [-0.1, -0.05) is 0 Å². The molecule has 10 atom stereocenters. The van der Waals surface area contributed by atoms with Gasteiger partial charge in [-0.15, -0.1) is 0 Å². The molecule has 3 fully saturated rings. The second kappa shape index (κ2) is 13.8. The molecule has 0 radical (unpaired) electrons. The van der Waals surface area contributed by atoms with Gasteiger partial charge in [0.05, 0.1) is 45.9 Å². The van der Waals surface area contributed by atoms with Gasteiger partial charge in [0.15, 0.2) is 41.7 Å². The summed E-state index contributed by atoms with van der Waals surface area (Å²) in [5.41, 5.74) is 1.81. The van der Waals surface area contributed by atoms with Crippen LogP contribution in [0.4, 0.5) is 0 Å². The summed E-state index contributed by atoms with van der Waals surface area (Å²) < 4.78 is 58.2. The number of amides is 2. The van der Waals surface area contributed by atoms with E-state index in [1.54, 1.807) is 31.2 Å². The van der Waals surface area contributed by atoms with E-state index >= 15 is 0 Å². The van der Waals surface area contributed by atoms with Crippen molar-refractivity contribution in [3.63, 3.8) is 0 Å². The van der Waals surface area contributed by atoms with Gasteiger partial charge < -0.3 is 57.6 Å². The predicted molar refractivity (Wildman–Crippen MR) is 173 cm³/mol. The Morgan fingerprint density at radius 2 is 1.60 bits per heavy atom. The zero-order chi connectivity index (χ0) is 37.1. The molecular weight excluding hydrogens is 702 g/mol. The Morgan fingerprint density at radius 1 is 0.925 bits per heavy atom. The minimum Gasteiger partial charge on any atom is -0.502 e. The summed E-state index contributed by atoms with van der Waals surface area (Å²) in [6, 6.07) is 6.78. The minimum atomic E-state index is -1.60. The molecule has 0 spiro atoms. The van der Waals surface area contributed by atoms with Crippen LogP contribution >= 0.6 is 0 Å². The van der Waals surface area contributed by atoms with E-state index in [0.717, 1.165) is 17.1 Å². The number of cyclic esters (lactones) is 1. The number of hydrogen-bond acceptors (Lipinski definition) is 16. The van der Waals surface area contributed by atoms with Crippen LogP contribution in [0.2, 0.25) is 0 Å². The summed E-state index contributed by atoms with van der Waals surface area (Å²) in [7, 11) is 2.81. The van der Waals surface area contributed by atoms with E-state index in [-0.39, 0.29) is 50.2 Å². The van der Waals surface area contributed by atoms with Crippen molar-refractivity contribution in [2.75, 3.05) is 40.8 Å². The number of ether oxygens (including phenoxy) is 10. The van der Waals surface area contributed by atoms with E-state index in [4.69, 9.17) is 47.4 Å². The van der Waals surface area contributed by atoms with Gasteiger partial charge in [0.1, 0.15) is 18.3 Å². The molecule has 5 aliphatic heterocycles. The summed E-state index contributed by atoms with van der Waals surface area (Å²) in [6.07, 6.45) is -5.85. The quantitative estimate of drug-likeness (QED) is 0.274. The predicted octanol–water partition coefficient (Wildman–Crippen LogP) is 1.20. The molecule has 0 aromatic heterocycles. The average molecular weight is 740 g/mol. The largest absolute Gasteiger partial charge is 0.502 e. The number of imide groups is 1. The number of phenolic OH excluding ortho intramolecular Hbond substituents is 1. The van der Waals surface area contributed by atoms with Crippen LogP contribution in [0.1, 0.15) is 42.1 Å². The summed E-state index contributed by atoms with van der Waals surface area (Å²) in [4.78, 5) is 51.7. The number of esters is 2. The molecule has 6 unspecified atom stereocenters. The zero-order valence-corrected chi connectivity index (χ0v) is 28.8. The van der Waals surface area contributed by atoms with E-state index in [2.05, 4.69) is 0 Å². The Labute approximate surface area is 302 Å². The number of phenols is 1. The van der Waals surface area contributed by atoms with Crippen LogP contribution in [0.25, 0.3) is 0 Å². The number of aromatic hydroxyl groups is 1. The lowest BCUT2D eigenvalue weighted by Crippen LogP contribution is -2.64.